The number of aliphatic hydroxyl groups is 1. The van der Waals surface area contributed by atoms with Crippen LogP contribution in [0.15, 0.2) is 30.3 Å². The topological polar surface area (TPSA) is 75.6 Å². The Morgan fingerprint density at radius 2 is 1.85 bits per heavy atom. The van der Waals surface area contributed by atoms with E-state index >= 15 is 0 Å². The summed E-state index contributed by atoms with van der Waals surface area (Å²) < 4.78 is 35.7. The van der Waals surface area contributed by atoms with Gasteiger partial charge in [-0.15, -0.1) is 0 Å². The van der Waals surface area contributed by atoms with Crippen LogP contribution in [0.3, 0.4) is 0 Å². The Morgan fingerprint density at radius 3 is 2.58 bits per heavy atom. The van der Waals surface area contributed by atoms with Crippen LogP contribution >= 0.6 is 0 Å². The summed E-state index contributed by atoms with van der Waals surface area (Å²) in [5.74, 6) is -2.07. The molecule has 26 heavy (non-hydrogen) atoms. The highest BCUT2D eigenvalue weighted by atomic mass is 16.9. The van der Waals surface area contributed by atoms with Gasteiger partial charge in [0.1, 0.15) is 18.3 Å². The molecule has 1 spiro atoms. The van der Waals surface area contributed by atoms with E-state index in [1.54, 1.807) is 7.11 Å². The molecule has 144 valence electrons. The first kappa shape index (κ1) is 18.3. The molecule has 0 radical (unpaired) electrons. The van der Waals surface area contributed by atoms with E-state index in [4.69, 9.17) is 28.4 Å². The van der Waals surface area contributed by atoms with E-state index in [0.29, 0.717) is 19.4 Å². The predicted molar refractivity (Wildman–Crippen MR) is 89.8 cm³/mol. The van der Waals surface area contributed by atoms with E-state index in [2.05, 4.69) is 0 Å². The number of fused-ring (bicyclic) bond motifs is 2. The summed E-state index contributed by atoms with van der Waals surface area (Å²) in [4.78, 5) is 0. The molecule has 7 heteroatoms. The third-order valence-electron chi connectivity index (χ3n) is 5.07. The first-order valence-electron chi connectivity index (χ1n) is 9.01. The zero-order valence-electron chi connectivity index (χ0n) is 15.3. The van der Waals surface area contributed by atoms with Crippen molar-refractivity contribution in [1.29, 1.82) is 0 Å². The normalized spacial score (nSPS) is 41.5. The zero-order valence-corrected chi connectivity index (χ0v) is 15.3. The molecule has 6 atom stereocenters. The molecule has 3 aliphatic rings. The smallest absolute Gasteiger partial charge is 0.229 e. The van der Waals surface area contributed by atoms with E-state index < -0.39 is 42.5 Å². The molecule has 1 aromatic carbocycles. The minimum atomic E-state index is -1.27. The standard InChI is InChI=1S/C19H26O7/c1-18(2)24-15-16(25-18)19(26-17(15)21-3)13(9-10-14(20)23-19)22-11-12-7-5-4-6-8-12/h4-8,13-17,20H,9-11H2,1-3H3/t13?,14?,15-,16+,17?,19?/m0/s1. The molecule has 0 amide bonds. The minimum Gasteiger partial charge on any atom is -0.368 e. The summed E-state index contributed by atoms with van der Waals surface area (Å²) in [5, 5.41) is 10.2. The lowest BCUT2D eigenvalue weighted by atomic mass is 9.94. The van der Waals surface area contributed by atoms with Gasteiger partial charge in [0.15, 0.2) is 18.4 Å². The maximum atomic E-state index is 10.2. The molecule has 0 bridgehead atoms. The molecule has 0 aliphatic carbocycles. The van der Waals surface area contributed by atoms with Crippen molar-refractivity contribution in [1.82, 2.24) is 0 Å². The van der Waals surface area contributed by atoms with Gasteiger partial charge >= 0.3 is 0 Å². The Bertz CT molecular complexity index is 622. The van der Waals surface area contributed by atoms with Crippen LogP contribution in [0.5, 0.6) is 0 Å². The second-order valence-electron chi connectivity index (χ2n) is 7.40. The van der Waals surface area contributed by atoms with Crippen LogP contribution in [0.25, 0.3) is 0 Å². The highest BCUT2D eigenvalue weighted by Gasteiger charge is 2.69. The fourth-order valence-electron chi connectivity index (χ4n) is 3.96. The molecule has 7 nitrogen and oxygen atoms in total. The second kappa shape index (κ2) is 6.83. The molecule has 1 N–H and O–H groups in total. The predicted octanol–water partition coefficient (Wildman–Crippen LogP) is 1.92. The fraction of sp³-hybridized carbons (Fsp3) is 0.684. The highest BCUT2D eigenvalue weighted by Crippen LogP contribution is 2.50. The molecular weight excluding hydrogens is 340 g/mol. The molecule has 4 unspecified atom stereocenters. The van der Waals surface area contributed by atoms with Crippen molar-refractivity contribution in [3.63, 3.8) is 0 Å². The number of aliphatic hydroxyl groups excluding tert-OH is 1. The average Bonchev–Trinajstić information content (AvgIpc) is 3.08. The highest BCUT2D eigenvalue weighted by molar-refractivity contribution is 5.14. The number of benzene rings is 1. The summed E-state index contributed by atoms with van der Waals surface area (Å²) in [6, 6.07) is 9.90. The largest absolute Gasteiger partial charge is 0.368 e. The monoisotopic (exact) mass is 366 g/mol. The molecule has 3 fully saturated rings. The molecular formula is C19H26O7. The maximum absolute atomic E-state index is 10.2. The fourth-order valence-corrected chi connectivity index (χ4v) is 3.96. The van der Waals surface area contributed by atoms with Gasteiger partial charge in [-0.1, -0.05) is 30.3 Å². The lowest BCUT2D eigenvalue weighted by Gasteiger charge is -2.44. The van der Waals surface area contributed by atoms with Gasteiger partial charge in [0.25, 0.3) is 0 Å². The van der Waals surface area contributed by atoms with Gasteiger partial charge in [-0.25, -0.2) is 0 Å². The van der Waals surface area contributed by atoms with Crippen LogP contribution in [-0.2, 0) is 35.0 Å². The quantitative estimate of drug-likeness (QED) is 0.872. The summed E-state index contributed by atoms with van der Waals surface area (Å²) in [7, 11) is 1.55. The first-order valence-corrected chi connectivity index (χ1v) is 9.01. The van der Waals surface area contributed by atoms with Crippen LogP contribution in [0.1, 0.15) is 32.3 Å². The molecule has 0 aromatic heterocycles. The van der Waals surface area contributed by atoms with Crippen LogP contribution < -0.4 is 0 Å². The van der Waals surface area contributed by atoms with E-state index in [1.165, 1.54) is 0 Å². The van der Waals surface area contributed by atoms with E-state index in [9.17, 15) is 5.11 Å². The summed E-state index contributed by atoms with van der Waals surface area (Å²) in [5.41, 5.74) is 1.05. The van der Waals surface area contributed by atoms with Crippen molar-refractivity contribution >= 4 is 0 Å². The van der Waals surface area contributed by atoms with E-state index in [0.717, 1.165) is 5.56 Å². The number of hydrogen-bond donors (Lipinski definition) is 1. The second-order valence-corrected chi connectivity index (χ2v) is 7.40. The molecule has 3 heterocycles. The lowest BCUT2D eigenvalue weighted by molar-refractivity contribution is -0.398. The average molecular weight is 366 g/mol. The number of rotatable bonds is 4. The number of hydrogen-bond acceptors (Lipinski definition) is 7. The van der Waals surface area contributed by atoms with Crippen LogP contribution in [0.2, 0.25) is 0 Å². The van der Waals surface area contributed by atoms with Gasteiger partial charge in [-0.2, -0.15) is 0 Å². The molecule has 0 saturated carbocycles. The van der Waals surface area contributed by atoms with Crippen LogP contribution in [0.4, 0.5) is 0 Å². The summed E-state index contributed by atoms with van der Waals surface area (Å²) in [6.45, 7) is 4.09. The van der Waals surface area contributed by atoms with Crippen molar-refractivity contribution in [2.45, 2.75) is 75.8 Å². The Morgan fingerprint density at radius 1 is 1.08 bits per heavy atom. The third kappa shape index (κ3) is 3.18. The Labute approximate surface area is 153 Å². The van der Waals surface area contributed by atoms with E-state index in [1.807, 2.05) is 44.2 Å². The van der Waals surface area contributed by atoms with E-state index in [-0.39, 0.29) is 0 Å². The van der Waals surface area contributed by atoms with Gasteiger partial charge < -0.3 is 33.5 Å². The van der Waals surface area contributed by atoms with Crippen molar-refractivity contribution in [3.05, 3.63) is 35.9 Å². The van der Waals surface area contributed by atoms with Crippen LogP contribution in [-0.4, -0.2) is 54.7 Å². The minimum absolute atomic E-state index is 0.412. The molecule has 3 saturated heterocycles. The zero-order chi connectivity index (χ0) is 18.4. The van der Waals surface area contributed by atoms with Gasteiger partial charge in [-0.3, -0.25) is 0 Å². The number of ether oxygens (including phenoxy) is 6. The van der Waals surface area contributed by atoms with Gasteiger partial charge in [0.2, 0.25) is 5.79 Å². The van der Waals surface area contributed by atoms with Gasteiger partial charge in [0.05, 0.1) is 6.61 Å². The van der Waals surface area contributed by atoms with Crippen molar-refractivity contribution in [2.24, 2.45) is 0 Å². The molecule has 3 aliphatic heterocycles. The first-order chi connectivity index (χ1) is 12.4. The molecule has 4 rings (SSSR count). The van der Waals surface area contributed by atoms with Gasteiger partial charge in [-0.05, 0) is 25.8 Å². The third-order valence-corrected chi connectivity index (χ3v) is 5.07. The summed E-state index contributed by atoms with van der Waals surface area (Å²) in [6.07, 6.45) is -2.00. The van der Waals surface area contributed by atoms with Crippen molar-refractivity contribution in [3.8, 4) is 0 Å². The SMILES string of the molecule is COC1OC2(OC(O)CCC2OCc2ccccc2)[C@@H]2OC(C)(C)O[C@H]12. The molecule has 1 aromatic rings. The Kier molecular flexibility index (Phi) is 4.81. The maximum Gasteiger partial charge on any atom is 0.229 e. The Balaban J connectivity index is 1.59. The lowest BCUT2D eigenvalue weighted by Crippen LogP contribution is -2.59. The van der Waals surface area contributed by atoms with Crippen LogP contribution in [0, 0.1) is 0 Å². The Hall–Kier alpha value is -1.06. The van der Waals surface area contributed by atoms with Gasteiger partial charge in [0, 0.05) is 13.5 Å². The summed E-state index contributed by atoms with van der Waals surface area (Å²) >= 11 is 0. The number of methoxy groups -OCH3 is 1. The van der Waals surface area contributed by atoms with Crippen molar-refractivity contribution < 1.29 is 33.5 Å². The van der Waals surface area contributed by atoms with Crippen molar-refractivity contribution in [2.75, 3.05) is 7.11 Å².